The zero-order valence-corrected chi connectivity index (χ0v) is 12.0. The van der Waals surface area contributed by atoms with Crippen molar-refractivity contribution < 1.29 is 22.7 Å². The third-order valence-corrected chi connectivity index (χ3v) is 5.86. The summed E-state index contributed by atoms with van der Waals surface area (Å²) in [5, 5.41) is -0.420. The van der Waals surface area contributed by atoms with Crippen LogP contribution in [0.1, 0.15) is 32.6 Å². The Morgan fingerprint density at radius 1 is 1.26 bits per heavy atom. The summed E-state index contributed by atoms with van der Waals surface area (Å²) in [5.41, 5.74) is 0. The maximum atomic E-state index is 12.6. The fraction of sp³-hybridized carbons (Fsp3) is 0.917. The van der Waals surface area contributed by atoms with Gasteiger partial charge in [-0.05, 0) is 32.6 Å². The normalized spacial score (nSPS) is 21.6. The summed E-state index contributed by atoms with van der Waals surface area (Å²) in [7, 11) is -3.42. The van der Waals surface area contributed by atoms with Crippen molar-refractivity contribution in [3.8, 4) is 0 Å². The Balaban J connectivity index is 2.06. The van der Waals surface area contributed by atoms with Crippen molar-refractivity contribution in [3.63, 3.8) is 0 Å². The van der Waals surface area contributed by atoms with Crippen LogP contribution in [0.3, 0.4) is 0 Å². The largest absolute Gasteiger partial charge is 0.465 e. The van der Waals surface area contributed by atoms with E-state index in [-0.39, 0.29) is 19.2 Å². The van der Waals surface area contributed by atoms with Crippen LogP contribution in [0.2, 0.25) is 0 Å². The van der Waals surface area contributed by atoms with Gasteiger partial charge < -0.3 is 9.47 Å². The van der Waals surface area contributed by atoms with Gasteiger partial charge in [-0.25, -0.2) is 8.42 Å². The van der Waals surface area contributed by atoms with E-state index in [1.807, 2.05) is 0 Å². The van der Waals surface area contributed by atoms with Crippen LogP contribution in [0.4, 0.5) is 0 Å². The van der Waals surface area contributed by atoms with E-state index >= 15 is 0 Å². The van der Waals surface area contributed by atoms with Crippen LogP contribution < -0.4 is 0 Å². The molecule has 0 aromatic carbocycles. The number of hydrogen-bond acceptors (Lipinski definition) is 5. The molecule has 110 valence electrons. The maximum Gasteiger partial charge on any atom is 0.321 e. The van der Waals surface area contributed by atoms with Gasteiger partial charge in [-0.1, -0.05) is 0 Å². The highest BCUT2D eigenvalue weighted by molar-refractivity contribution is 7.89. The van der Waals surface area contributed by atoms with Gasteiger partial charge in [0.15, 0.2) is 0 Å². The molecule has 0 aromatic heterocycles. The van der Waals surface area contributed by atoms with Crippen molar-refractivity contribution >= 4 is 16.0 Å². The lowest BCUT2D eigenvalue weighted by Gasteiger charge is -2.29. The number of nitrogens with zero attached hydrogens (tertiary/aromatic N) is 1. The van der Waals surface area contributed by atoms with Gasteiger partial charge in [0.05, 0.1) is 11.9 Å². The zero-order chi connectivity index (χ0) is 13.9. The molecule has 2 rings (SSSR count). The van der Waals surface area contributed by atoms with E-state index in [4.69, 9.17) is 9.47 Å². The molecule has 0 atom stereocenters. The maximum absolute atomic E-state index is 12.6. The number of rotatable bonds is 6. The summed E-state index contributed by atoms with van der Waals surface area (Å²) in [5.74, 6) is -0.468. The molecular weight excluding hydrogens is 270 g/mol. The Kier molecular flexibility index (Phi) is 4.81. The molecule has 0 aromatic rings. The lowest BCUT2D eigenvalue weighted by atomic mass is 10.2. The van der Waals surface area contributed by atoms with Gasteiger partial charge in [-0.2, -0.15) is 4.31 Å². The van der Waals surface area contributed by atoms with Crippen LogP contribution >= 0.6 is 0 Å². The Hall–Kier alpha value is -0.660. The Morgan fingerprint density at radius 3 is 2.42 bits per heavy atom. The minimum absolute atomic E-state index is 0.0164. The second kappa shape index (κ2) is 6.19. The van der Waals surface area contributed by atoms with E-state index < -0.39 is 21.2 Å². The number of carbonyl (C=O) groups is 1. The second-order valence-electron chi connectivity index (χ2n) is 4.94. The lowest BCUT2D eigenvalue weighted by Crippen LogP contribution is -2.45. The first-order valence-electron chi connectivity index (χ1n) is 6.79. The molecule has 0 amide bonds. The summed E-state index contributed by atoms with van der Waals surface area (Å²) < 4.78 is 36.5. The molecule has 1 saturated carbocycles. The molecule has 7 heteroatoms. The van der Waals surface area contributed by atoms with Crippen molar-refractivity contribution in [2.75, 3.05) is 26.4 Å². The standard InChI is InChI=1S/C12H21NO5S/c1-2-18-12(14)9-13(10-3-4-10)19(15,16)11-5-7-17-8-6-11/h10-11H,2-9H2,1H3. The van der Waals surface area contributed by atoms with E-state index in [0.717, 1.165) is 12.8 Å². The summed E-state index contributed by atoms with van der Waals surface area (Å²) in [4.78, 5) is 11.6. The third kappa shape index (κ3) is 3.67. The second-order valence-corrected chi connectivity index (χ2v) is 7.10. The highest BCUT2D eigenvalue weighted by Crippen LogP contribution is 2.32. The molecule has 0 radical (unpaired) electrons. The fourth-order valence-corrected chi connectivity index (χ4v) is 4.37. The van der Waals surface area contributed by atoms with Crippen molar-refractivity contribution in [2.45, 2.75) is 43.9 Å². The van der Waals surface area contributed by atoms with Gasteiger partial charge in [-0.3, -0.25) is 4.79 Å². The van der Waals surface area contributed by atoms with E-state index in [1.54, 1.807) is 6.92 Å². The SMILES string of the molecule is CCOC(=O)CN(C1CC1)S(=O)(=O)C1CCOCC1. The Morgan fingerprint density at radius 2 is 1.89 bits per heavy atom. The third-order valence-electron chi connectivity index (χ3n) is 3.46. The molecule has 1 heterocycles. The summed E-state index contributed by atoms with van der Waals surface area (Å²) in [6, 6.07) is -0.0164. The van der Waals surface area contributed by atoms with Gasteiger partial charge in [0.25, 0.3) is 0 Å². The first-order chi connectivity index (χ1) is 9.05. The van der Waals surface area contributed by atoms with Crippen molar-refractivity contribution in [2.24, 2.45) is 0 Å². The lowest BCUT2D eigenvalue weighted by molar-refractivity contribution is -0.143. The smallest absolute Gasteiger partial charge is 0.321 e. The van der Waals surface area contributed by atoms with Crippen molar-refractivity contribution in [3.05, 3.63) is 0 Å². The van der Waals surface area contributed by atoms with Crippen molar-refractivity contribution in [1.29, 1.82) is 0 Å². The fourth-order valence-electron chi connectivity index (χ4n) is 2.29. The summed E-state index contributed by atoms with van der Waals surface area (Å²) >= 11 is 0. The van der Waals surface area contributed by atoms with Crippen LogP contribution in [-0.4, -0.2) is 56.3 Å². The van der Waals surface area contributed by atoms with Gasteiger partial charge in [-0.15, -0.1) is 0 Å². The van der Waals surface area contributed by atoms with Crippen LogP contribution in [0.5, 0.6) is 0 Å². The van der Waals surface area contributed by atoms with Crippen LogP contribution in [-0.2, 0) is 24.3 Å². The van der Waals surface area contributed by atoms with E-state index in [0.29, 0.717) is 26.1 Å². The number of ether oxygens (including phenoxy) is 2. The molecule has 0 bridgehead atoms. The number of sulfonamides is 1. The topological polar surface area (TPSA) is 72.9 Å². The van der Waals surface area contributed by atoms with Gasteiger partial charge in [0.1, 0.15) is 6.54 Å². The highest BCUT2D eigenvalue weighted by atomic mass is 32.2. The number of carbonyl (C=O) groups excluding carboxylic acids is 1. The predicted octanol–water partition coefficient (Wildman–Crippen LogP) is 0.523. The van der Waals surface area contributed by atoms with Crippen LogP contribution in [0.25, 0.3) is 0 Å². The van der Waals surface area contributed by atoms with E-state index in [1.165, 1.54) is 4.31 Å². The average Bonchev–Trinajstić information content (AvgIpc) is 3.21. The first-order valence-corrected chi connectivity index (χ1v) is 8.30. The first kappa shape index (κ1) is 14.7. The number of esters is 1. The van der Waals surface area contributed by atoms with E-state index in [2.05, 4.69) is 0 Å². The molecule has 6 nitrogen and oxygen atoms in total. The Labute approximate surface area is 114 Å². The molecule has 0 unspecified atom stereocenters. The minimum atomic E-state index is -3.42. The molecule has 1 saturated heterocycles. The average molecular weight is 291 g/mol. The molecule has 19 heavy (non-hydrogen) atoms. The zero-order valence-electron chi connectivity index (χ0n) is 11.2. The molecule has 2 aliphatic rings. The summed E-state index contributed by atoms with van der Waals surface area (Å²) in [6.07, 6.45) is 2.69. The monoisotopic (exact) mass is 291 g/mol. The molecule has 2 fully saturated rings. The highest BCUT2D eigenvalue weighted by Gasteiger charge is 2.42. The quantitative estimate of drug-likeness (QED) is 0.667. The summed E-state index contributed by atoms with van der Waals surface area (Å²) in [6.45, 7) is 2.78. The molecule has 1 aliphatic heterocycles. The Bertz CT molecular complexity index is 412. The van der Waals surface area contributed by atoms with Crippen LogP contribution in [0, 0.1) is 0 Å². The molecule has 0 spiro atoms. The van der Waals surface area contributed by atoms with Gasteiger partial charge >= 0.3 is 5.97 Å². The van der Waals surface area contributed by atoms with E-state index in [9.17, 15) is 13.2 Å². The molecular formula is C12H21NO5S. The molecule has 0 N–H and O–H groups in total. The minimum Gasteiger partial charge on any atom is -0.465 e. The van der Waals surface area contributed by atoms with Gasteiger partial charge in [0, 0.05) is 19.3 Å². The van der Waals surface area contributed by atoms with Crippen molar-refractivity contribution in [1.82, 2.24) is 4.31 Å². The predicted molar refractivity (Wildman–Crippen MR) is 69.1 cm³/mol. The van der Waals surface area contributed by atoms with Gasteiger partial charge in [0.2, 0.25) is 10.0 Å². The number of hydrogen-bond donors (Lipinski definition) is 0. The molecule has 1 aliphatic carbocycles. The van der Waals surface area contributed by atoms with Crippen LogP contribution in [0.15, 0.2) is 0 Å².